The molecule has 0 amide bonds. The van der Waals surface area contributed by atoms with Crippen LogP contribution in [0, 0.1) is 0 Å². The molecule has 0 heterocycles. The molecule has 0 aliphatic heterocycles. The molecule has 0 atom stereocenters. The van der Waals surface area contributed by atoms with Crippen molar-refractivity contribution in [2.45, 2.75) is 32.1 Å². The van der Waals surface area contributed by atoms with E-state index in [1.165, 1.54) is 0 Å². The van der Waals surface area contributed by atoms with Gasteiger partial charge in [-0.1, -0.05) is 56.0 Å². The van der Waals surface area contributed by atoms with E-state index in [1.54, 1.807) is 0 Å². The van der Waals surface area contributed by atoms with E-state index in [0.29, 0.717) is 6.42 Å². The summed E-state index contributed by atoms with van der Waals surface area (Å²) in [7, 11) is -1.07. The molecular weight excluding hydrogens is 188 g/mol. The van der Waals surface area contributed by atoms with Crippen LogP contribution in [0.15, 0.2) is 30.3 Å². The van der Waals surface area contributed by atoms with Crippen LogP contribution in [0.2, 0.25) is 25.7 Å². The molecule has 1 aromatic carbocycles. The normalized spacial score (nSPS) is 11.4. The van der Waals surface area contributed by atoms with Crippen LogP contribution in [-0.2, 0) is 0 Å². The van der Waals surface area contributed by atoms with Gasteiger partial charge in [-0.05, 0) is 0 Å². The molecule has 0 saturated heterocycles. The zero-order chi connectivity index (χ0) is 10.6. The van der Waals surface area contributed by atoms with E-state index in [0.717, 1.165) is 11.6 Å². The minimum atomic E-state index is -1.07. The van der Waals surface area contributed by atoms with Gasteiger partial charge in [-0.15, -0.1) is 0 Å². The van der Waals surface area contributed by atoms with Crippen molar-refractivity contribution in [2.75, 3.05) is 0 Å². The van der Waals surface area contributed by atoms with Crippen molar-refractivity contribution in [3.05, 3.63) is 35.9 Å². The molecule has 0 unspecified atom stereocenters. The van der Waals surface area contributed by atoms with E-state index in [-0.39, 0.29) is 5.78 Å². The van der Waals surface area contributed by atoms with Crippen molar-refractivity contribution in [1.29, 1.82) is 0 Å². The zero-order valence-electron chi connectivity index (χ0n) is 9.21. The first-order chi connectivity index (χ1) is 6.49. The number of carbonyl (C=O) groups excluding carboxylic acids is 1. The molecule has 76 valence electrons. The quantitative estimate of drug-likeness (QED) is 0.543. The Bertz CT molecular complexity index is 298. The predicted octanol–water partition coefficient (Wildman–Crippen LogP) is 3.60. The van der Waals surface area contributed by atoms with Crippen LogP contribution in [0.4, 0.5) is 0 Å². The molecule has 0 spiro atoms. The summed E-state index contributed by atoms with van der Waals surface area (Å²) in [5.74, 6) is 0.285. The van der Waals surface area contributed by atoms with Gasteiger partial charge in [0.15, 0.2) is 5.78 Å². The third-order valence-corrected chi connectivity index (χ3v) is 3.95. The van der Waals surface area contributed by atoms with Crippen molar-refractivity contribution in [2.24, 2.45) is 0 Å². The lowest BCUT2D eigenvalue weighted by atomic mass is 10.1. The average molecular weight is 206 g/mol. The second kappa shape index (κ2) is 4.56. The molecule has 14 heavy (non-hydrogen) atoms. The second-order valence-electron chi connectivity index (χ2n) is 4.85. The fourth-order valence-electron chi connectivity index (χ4n) is 1.26. The molecule has 2 heteroatoms. The van der Waals surface area contributed by atoms with Gasteiger partial charge in [0.05, 0.1) is 0 Å². The van der Waals surface area contributed by atoms with Gasteiger partial charge >= 0.3 is 0 Å². The lowest BCUT2D eigenvalue weighted by Crippen LogP contribution is -2.20. The SMILES string of the molecule is C[Si](C)(C)CCC(=O)c1ccccc1. The highest BCUT2D eigenvalue weighted by Gasteiger charge is 2.15. The molecule has 0 fully saturated rings. The van der Waals surface area contributed by atoms with Gasteiger partial charge in [0.2, 0.25) is 0 Å². The summed E-state index contributed by atoms with van der Waals surface area (Å²) in [5.41, 5.74) is 0.853. The molecule has 1 aromatic rings. The van der Waals surface area contributed by atoms with Gasteiger partial charge < -0.3 is 0 Å². The number of benzene rings is 1. The van der Waals surface area contributed by atoms with Crippen molar-refractivity contribution >= 4 is 13.9 Å². The van der Waals surface area contributed by atoms with Crippen LogP contribution in [0.5, 0.6) is 0 Å². The van der Waals surface area contributed by atoms with Crippen LogP contribution in [0.1, 0.15) is 16.8 Å². The first kappa shape index (κ1) is 11.2. The Hall–Kier alpha value is -0.893. The van der Waals surface area contributed by atoms with Gasteiger partial charge in [-0.25, -0.2) is 0 Å². The third kappa shape index (κ3) is 3.88. The summed E-state index contributed by atoms with van der Waals surface area (Å²) in [4.78, 5) is 11.7. The maximum Gasteiger partial charge on any atom is 0.162 e. The summed E-state index contributed by atoms with van der Waals surface area (Å²) < 4.78 is 0. The lowest BCUT2D eigenvalue weighted by Gasteiger charge is -2.14. The third-order valence-electron chi connectivity index (χ3n) is 2.20. The van der Waals surface area contributed by atoms with Crippen LogP contribution < -0.4 is 0 Å². The Morgan fingerprint density at radius 2 is 1.71 bits per heavy atom. The molecule has 1 rings (SSSR count). The maximum atomic E-state index is 11.7. The smallest absolute Gasteiger partial charge is 0.162 e. The van der Waals surface area contributed by atoms with Crippen molar-refractivity contribution in [3.63, 3.8) is 0 Å². The van der Waals surface area contributed by atoms with E-state index < -0.39 is 8.07 Å². The maximum absolute atomic E-state index is 11.7. The highest BCUT2D eigenvalue weighted by molar-refractivity contribution is 6.76. The summed E-state index contributed by atoms with van der Waals surface area (Å²) in [6, 6.07) is 10.7. The Morgan fingerprint density at radius 3 is 2.21 bits per heavy atom. The standard InChI is InChI=1S/C12H18OSi/c1-14(2,3)10-9-12(13)11-7-5-4-6-8-11/h4-8H,9-10H2,1-3H3. The van der Waals surface area contributed by atoms with Gasteiger partial charge in [-0.2, -0.15) is 0 Å². The number of rotatable bonds is 4. The van der Waals surface area contributed by atoms with Crippen LogP contribution in [-0.4, -0.2) is 13.9 Å². The monoisotopic (exact) mass is 206 g/mol. The van der Waals surface area contributed by atoms with E-state index in [1.807, 2.05) is 30.3 Å². The highest BCUT2D eigenvalue weighted by atomic mass is 28.3. The van der Waals surface area contributed by atoms with Crippen LogP contribution in [0.3, 0.4) is 0 Å². The Kier molecular flexibility index (Phi) is 3.64. The Labute approximate surface area is 87.2 Å². The average Bonchev–Trinajstić information content (AvgIpc) is 2.14. The fraction of sp³-hybridized carbons (Fsp3) is 0.417. The molecule has 0 bridgehead atoms. The lowest BCUT2D eigenvalue weighted by molar-refractivity contribution is 0.0987. The fourth-order valence-corrected chi connectivity index (χ4v) is 2.23. The van der Waals surface area contributed by atoms with Crippen LogP contribution >= 0.6 is 0 Å². The van der Waals surface area contributed by atoms with Crippen molar-refractivity contribution in [3.8, 4) is 0 Å². The van der Waals surface area contributed by atoms with E-state index in [2.05, 4.69) is 19.6 Å². The van der Waals surface area contributed by atoms with E-state index in [9.17, 15) is 4.79 Å². The molecule has 0 aromatic heterocycles. The van der Waals surface area contributed by atoms with E-state index >= 15 is 0 Å². The molecular formula is C12H18OSi. The molecule has 0 aliphatic rings. The first-order valence-electron chi connectivity index (χ1n) is 5.07. The Balaban J connectivity index is 2.52. The summed E-state index contributed by atoms with van der Waals surface area (Å²) >= 11 is 0. The minimum absolute atomic E-state index is 0.285. The van der Waals surface area contributed by atoms with Crippen molar-refractivity contribution < 1.29 is 4.79 Å². The topological polar surface area (TPSA) is 17.1 Å². The molecule has 0 radical (unpaired) electrons. The second-order valence-corrected chi connectivity index (χ2v) is 10.5. The number of ketones is 1. The number of hydrogen-bond acceptors (Lipinski definition) is 1. The number of carbonyl (C=O) groups is 1. The summed E-state index contributed by atoms with van der Waals surface area (Å²) in [6.07, 6.45) is 0.708. The number of Topliss-reactive ketones (excluding diaryl/α,β-unsaturated/α-hetero) is 1. The molecule has 0 N–H and O–H groups in total. The molecule has 0 aliphatic carbocycles. The first-order valence-corrected chi connectivity index (χ1v) is 8.78. The summed E-state index contributed by atoms with van der Waals surface area (Å²) in [5, 5.41) is 0. The summed E-state index contributed by atoms with van der Waals surface area (Å²) in [6.45, 7) is 6.89. The highest BCUT2D eigenvalue weighted by Crippen LogP contribution is 2.14. The molecule has 1 nitrogen and oxygen atoms in total. The Morgan fingerprint density at radius 1 is 1.14 bits per heavy atom. The van der Waals surface area contributed by atoms with Gasteiger partial charge in [0.1, 0.15) is 0 Å². The van der Waals surface area contributed by atoms with E-state index in [4.69, 9.17) is 0 Å². The minimum Gasteiger partial charge on any atom is -0.294 e. The number of hydrogen-bond donors (Lipinski definition) is 0. The zero-order valence-corrected chi connectivity index (χ0v) is 10.2. The van der Waals surface area contributed by atoms with Gasteiger partial charge in [-0.3, -0.25) is 4.79 Å². The van der Waals surface area contributed by atoms with Gasteiger partial charge in [0, 0.05) is 20.1 Å². The largest absolute Gasteiger partial charge is 0.294 e. The van der Waals surface area contributed by atoms with Crippen LogP contribution in [0.25, 0.3) is 0 Å². The van der Waals surface area contributed by atoms with Crippen molar-refractivity contribution in [1.82, 2.24) is 0 Å². The van der Waals surface area contributed by atoms with Gasteiger partial charge in [0.25, 0.3) is 0 Å². The predicted molar refractivity (Wildman–Crippen MR) is 63.5 cm³/mol. The molecule has 0 saturated carbocycles.